The number of alkyl halides is 3. The van der Waals surface area contributed by atoms with Crippen LogP contribution in [0.4, 0.5) is 19.0 Å². The van der Waals surface area contributed by atoms with Crippen molar-refractivity contribution in [3.63, 3.8) is 0 Å². The molecule has 1 aliphatic rings. The molecule has 40 heavy (non-hydrogen) atoms. The van der Waals surface area contributed by atoms with Crippen molar-refractivity contribution >= 4 is 21.7 Å². The number of rotatable bonds is 8. The van der Waals surface area contributed by atoms with Crippen LogP contribution in [0, 0.1) is 18.3 Å². The van der Waals surface area contributed by atoms with Gasteiger partial charge < -0.3 is 14.6 Å². The van der Waals surface area contributed by atoms with Crippen molar-refractivity contribution in [2.45, 2.75) is 64.6 Å². The molecule has 3 aromatic heterocycles. The first-order valence-corrected chi connectivity index (χ1v) is 14.1. The van der Waals surface area contributed by atoms with Gasteiger partial charge in [0.1, 0.15) is 17.3 Å². The number of halogens is 3. The zero-order chi connectivity index (χ0) is 29.7. The Morgan fingerprint density at radius 1 is 1.23 bits per heavy atom. The molecule has 1 aliphatic heterocycles. The molecule has 1 fully saturated rings. The summed E-state index contributed by atoms with van der Waals surface area (Å²) in [5.74, 6) is -0.0450. The number of carbonyl (C=O) groups is 1. The quantitative estimate of drug-likeness (QED) is 0.398. The Hall–Kier alpha value is -3.55. The summed E-state index contributed by atoms with van der Waals surface area (Å²) in [6.07, 6.45) is 0.663. The lowest BCUT2D eigenvalue weighted by Gasteiger charge is -2.34. The first-order valence-electron chi connectivity index (χ1n) is 12.7. The van der Waals surface area contributed by atoms with Crippen molar-refractivity contribution < 1.29 is 31.1 Å². The van der Waals surface area contributed by atoms with E-state index in [9.17, 15) is 26.4 Å². The molecular formula is C26H33F3N6O4S. The molecule has 0 saturated carbocycles. The van der Waals surface area contributed by atoms with Gasteiger partial charge in [-0.1, -0.05) is 6.92 Å². The molecule has 1 atom stereocenters. The van der Waals surface area contributed by atoms with Crippen LogP contribution in [0.5, 0.6) is 5.88 Å². The Bertz CT molecular complexity index is 1510. The van der Waals surface area contributed by atoms with Crippen LogP contribution < -0.4 is 14.4 Å². The highest BCUT2D eigenvalue weighted by Crippen LogP contribution is 2.39. The predicted octanol–water partition coefficient (Wildman–Crippen LogP) is 4.61. The van der Waals surface area contributed by atoms with Crippen LogP contribution in [0.25, 0.3) is 5.82 Å². The van der Waals surface area contributed by atoms with Crippen LogP contribution >= 0.6 is 0 Å². The van der Waals surface area contributed by atoms with Gasteiger partial charge in [-0.15, -0.1) is 5.10 Å². The standard InChI is InChI=1S/C26H33F3N6O4S/c1-16-11-25(5,6)34(14-16)22-18(23(36)33-40(37,38)19-13-30-12-17(19)2)7-8-20(31-22)35-10-9-21(32-35)39-15-24(3,4)26(27,28)29/h7-10,12-13,16,30H,11,14-15H2,1-6H3,(H,33,36)/t16-/m0/s1. The summed E-state index contributed by atoms with van der Waals surface area (Å²) in [5, 5.41) is 4.21. The van der Waals surface area contributed by atoms with Crippen molar-refractivity contribution in [2.24, 2.45) is 11.3 Å². The lowest BCUT2D eigenvalue weighted by Crippen LogP contribution is -2.41. The van der Waals surface area contributed by atoms with Crippen molar-refractivity contribution in [1.82, 2.24) is 24.5 Å². The highest BCUT2D eigenvalue weighted by Gasteiger charge is 2.48. The lowest BCUT2D eigenvalue weighted by molar-refractivity contribution is -0.219. The Labute approximate surface area is 231 Å². The predicted molar refractivity (Wildman–Crippen MR) is 142 cm³/mol. The minimum absolute atomic E-state index is 0.0226. The number of pyridine rings is 1. The molecule has 14 heteroatoms. The number of H-pyrrole nitrogens is 1. The Kier molecular flexibility index (Phi) is 7.45. The van der Waals surface area contributed by atoms with Crippen molar-refractivity contribution in [1.29, 1.82) is 0 Å². The van der Waals surface area contributed by atoms with E-state index in [0.717, 1.165) is 20.3 Å². The molecule has 10 nitrogen and oxygen atoms in total. The zero-order valence-corrected chi connectivity index (χ0v) is 23.9. The van der Waals surface area contributed by atoms with E-state index in [2.05, 4.69) is 26.7 Å². The number of hydrogen-bond acceptors (Lipinski definition) is 7. The number of ether oxygens (including phenoxy) is 1. The summed E-state index contributed by atoms with van der Waals surface area (Å²) in [6, 6.07) is 4.36. The normalized spacial score (nSPS) is 17.7. The van der Waals surface area contributed by atoms with Crippen LogP contribution in [0.15, 0.2) is 41.7 Å². The van der Waals surface area contributed by atoms with Crippen molar-refractivity contribution in [2.75, 3.05) is 18.1 Å². The summed E-state index contributed by atoms with van der Waals surface area (Å²) in [7, 11) is -4.15. The fourth-order valence-electron chi connectivity index (χ4n) is 4.71. The Morgan fingerprint density at radius 2 is 1.93 bits per heavy atom. The molecule has 4 rings (SSSR count). The summed E-state index contributed by atoms with van der Waals surface area (Å²) in [5.41, 5.74) is -1.95. The number of nitrogens with zero attached hydrogens (tertiary/aromatic N) is 4. The van der Waals surface area contributed by atoms with E-state index in [4.69, 9.17) is 4.74 Å². The minimum Gasteiger partial charge on any atom is -0.476 e. The van der Waals surface area contributed by atoms with Crippen LogP contribution in [-0.4, -0.2) is 58.9 Å². The Morgan fingerprint density at radius 3 is 2.50 bits per heavy atom. The lowest BCUT2D eigenvalue weighted by atomic mass is 9.94. The number of aromatic amines is 1. The zero-order valence-electron chi connectivity index (χ0n) is 23.1. The van der Waals surface area contributed by atoms with Crippen LogP contribution in [-0.2, 0) is 10.0 Å². The van der Waals surface area contributed by atoms with Gasteiger partial charge in [0, 0.05) is 36.7 Å². The summed E-state index contributed by atoms with van der Waals surface area (Å²) in [4.78, 5) is 22.7. The van der Waals surface area contributed by atoms with Gasteiger partial charge in [0.05, 0.1) is 11.0 Å². The number of hydrogen-bond donors (Lipinski definition) is 2. The number of anilines is 1. The second kappa shape index (κ2) is 10.1. The largest absolute Gasteiger partial charge is 0.476 e. The van der Waals surface area contributed by atoms with Gasteiger partial charge in [0.15, 0.2) is 5.82 Å². The molecular weight excluding hydrogens is 549 g/mol. The van der Waals surface area contributed by atoms with E-state index in [1.807, 2.05) is 18.7 Å². The maximum atomic E-state index is 13.3. The maximum Gasteiger partial charge on any atom is 0.397 e. The molecule has 0 bridgehead atoms. The topological polar surface area (TPSA) is 122 Å². The second-order valence-electron chi connectivity index (χ2n) is 11.5. The molecule has 0 aromatic carbocycles. The molecule has 1 amide bonds. The fourth-order valence-corrected chi connectivity index (χ4v) is 5.88. The van der Waals surface area contributed by atoms with Crippen LogP contribution in [0.1, 0.15) is 57.0 Å². The van der Waals surface area contributed by atoms with Crippen molar-refractivity contribution in [3.05, 3.63) is 47.9 Å². The average molecular weight is 583 g/mol. The third kappa shape index (κ3) is 5.81. The fraction of sp³-hybridized carbons (Fsp3) is 0.500. The van der Waals surface area contributed by atoms with E-state index < -0.39 is 39.7 Å². The molecule has 4 heterocycles. The second-order valence-corrected chi connectivity index (χ2v) is 13.1. The van der Waals surface area contributed by atoms with Gasteiger partial charge in [0.25, 0.3) is 15.9 Å². The molecule has 0 aliphatic carbocycles. The van der Waals surface area contributed by atoms with Gasteiger partial charge in [-0.3, -0.25) is 4.79 Å². The van der Waals surface area contributed by atoms with Crippen LogP contribution in [0.2, 0.25) is 0 Å². The molecule has 0 radical (unpaired) electrons. The molecule has 3 aromatic rings. The number of aromatic nitrogens is 4. The van der Waals surface area contributed by atoms with E-state index in [-0.39, 0.29) is 33.9 Å². The van der Waals surface area contributed by atoms with Gasteiger partial charge in [0.2, 0.25) is 5.88 Å². The first kappa shape index (κ1) is 29.4. The molecule has 2 N–H and O–H groups in total. The maximum absolute atomic E-state index is 13.3. The van der Waals surface area contributed by atoms with Gasteiger partial charge in [-0.2, -0.15) is 13.2 Å². The minimum atomic E-state index is -4.45. The third-order valence-corrected chi connectivity index (χ3v) is 8.47. The van der Waals surface area contributed by atoms with Gasteiger partial charge in [-0.05, 0) is 64.7 Å². The average Bonchev–Trinajstić information content (AvgIpc) is 3.54. The monoisotopic (exact) mass is 582 g/mol. The smallest absolute Gasteiger partial charge is 0.397 e. The number of nitrogens with one attached hydrogen (secondary N) is 2. The van der Waals surface area contributed by atoms with E-state index in [0.29, 0.717) is 12.1 Å². The SMILES string of the molecule is Cc1c[nH]cc1S(=O)(=O)NC(=O)c1ccc(-n2ccc(OCC(C)(C)C(F)(F)F)n2)nc1N1C[C@@H](C)CC1(C)C. The van der Waals surface area contributed by atoms with E-state index >= 15 is 0 Å². The van der Waals surface area contributed by atoms with Crippen LogP contribution in [0.3, 0.4) is 0 Å². The number of carbonyl (C=O) groups excluding carboxylic acids is 1. The summed E-state index contributed by atoms with van der Waals surface area (Å²) in [6.45, 7) is 9.73. The first-order chi connectivity index (χ1) is 18.4. The third-order valence-electron chi connectivity index (χ3n) is 7.00. The van der Waals surface area contributed by atoms with E-state index in [1.165, 1.54) is 41.5 Å². The summed E-state index contributed by atoms with van der Waals surface area (Å²) < 4.78 is 74.2. The highest BCUT2D eigenvalue weighted by molar-refractivity contribution is 7.90. The Balaban J connectivity index is 1.67. The number of aryl methyl sites for hydroxylation is 1. The molecule has 0 spiro atoms. The summed E-state index contributed by atoms with van der Waals surface area (Å²) >= 11 is 0. The van der Waals surface area contributed by atoms with Crippen molar-refractivity contribution in [3.8, 4) is 11.7 Å². The molecule has 0 unspecified atom stereocenters. The molecule has 1 saturated heterocycles. The highest BCUT2D eigenvalue weighted by atomic mass is 32.2. The van der Waals surface area contributed by atoms with Gasteiger partial charge >= 0.3 is 6.18 Å². The molecule has 218 valence electrons. The number of sulfonamides is 1. The van der Waals surface area contributed by atoms with Gasteiger partial charge in [-0.25, -0.2) is 22.8 Å². The van der Waals surface area contributed by atoms with E-state index in [1.54, 1.807) is 6.92 Å². The number of amides is 1.